The first kappa shape index (κ1) is 27.7. The number of rotatable bonds is 12. The SMILES string of the molecule is CC=CNC(=O)C(CCC)Nc1ccc(C2CCN(CC(/C=C(\C)CC)=C/C)CC2)cc1OC. The van der Waals surface area contributed by atoms with Gasteiger partial charge in [0.2, 0.25) is 5.91 Å². The number of methoxy groups -OCH3 is 1. The second kappa shape index (κ2) is 14.7. The van der Waals surface area contributed by atoms with Crippen LogP contribution in [0, 0.1) is 0 Å². The number of amides is 1. The van der Waals surface area contributed by atoms with E-state index in [9.17, 15) is 4.79 Å². The maximum atomic E-state index is 12.5. The third kappa shape index (κ3) is 8.35. The van der Waals surface area contributed by atoms with Crippen LogP contribution in [-0.2, 0) is 4.79 Å². The summed E-state index contributed by atoms with van der Waals surface area (Å²) in [6.45, 7) is 13.8. The number of carbonyl (C=O) groups excluding carboxylic acids is 1. The topological polar surface area (TPSA) is 53.6 Å². The Hall–Kier alpha value is -2.53. The van der Waals surface area contributed by atoms with E-state index in [4.69, 9.17) is 4.74 Å². The van der Waals surface area contributed by atoms with Crippen molar-refractivity contribution in [1.82, 2.24) is 10.2 Å². The summed E-state index contributed by atoms with van der Waals surface area (Å²) in [5.41, 5.74) is 5.04. The van der Waals surface area contributed by atoms with Crippen LogP contribution in [0.4, 0.5) is 5.69 Å². The molecule has 1 heterocycles. The van der Waals surface area contributed by atoms with Crippen LogP contribution in [0.1, 0.15) is 78.2 Å². The predicted molar refractivity (Wildman–Crippen MR) is 144 cm³/mol. The van der Waals surface area contributed by atoms with Gasteiger partial charge < -0.3 is 15.4 Å². The van der Waals surface area contributed by atoms with Gasteiger partial charge in [-0.15, -0.1) is 0 Å². The summed E-state index contributed by atoms with van der Waals surface area (Å²) < 4.78 is 5.72. The highest BCUT2D eigenvalue weighted by Crippen LogP contribution is 2.34. The molecule has 1 saturated heterocycles. The molecule has 1 aliphatic heterocycles. The van der Waals surface area contributed by atoms with E-state index >= 15 is 0 Å². The molecule has 1 aromatic carbocycles. The fourth-order valence-corrected chi connectivity index (χ4v) is 4.41. The van der Waals surface area contributed by atoms with Crippen LogP contribution in [0.3, 0.4) is 0 Å². The minimum atomic E-state index is -0.296. The van der Waals surface area contributed by atoms with Gasteiger partial charge in [0.25, 0.3) is 0 Å². The van der Waals surface area contributed by atoms with E-state index in [2.05, 4.69) is 73.6 Å². The van der Waals surface area contributed by atoms with Crippen LogP contribution in [0.5, 0.6) is 5.75 Å². The first-order valence-corrected chi connectivity index (χ1v) is 12.9. The number of allylic oxidation sites excluding steroid dienone is 3. The summed E-state index contributed by atoms with van der Waals surface area (Å²) in [6, 6.07) is 6.13. The molecule has 2 N–H and O–H groups in total. The van der Waals surface area contributed by atoms with Gasteiger partial charge in [-0.3, -0.25) is 9.69 Å². The number of ether oxygens (including phenoxy) is 1. The lowest BCUT2D eigenvalue weighted by Crippen LogP contribution is -2.37. The largest absolute Gasteiger partial charge is 0.495 e. The Morgan fingerprint density at radius 3 is 2.56 bits per heavy atom. The van der Waals surface area contributed by atoms with Crippen LogP contribution in [0.15, 0.2) is 53.8 Å². The van der Waals surface area contributed by atoms with Crippen LogP contribution < -0.4 is 15.4 Å². The highest BCUT2D eigenvalue weighted by molar-refractivity contribution is 5.85. The molecule has 0 radical (unpaired) electrons. The molecule has 0 aromatic heterocycles. The third-order valence-electron chi connectivity index (χ3n) is 6.67. The quantitative estimate of drug-likeness (QED) is 0.349. The average molecular weight is 468 g/mol. The van der Waals surface area contributed by atoms with Crippen molar-refractivity contribution in [2.45, 2.75) is 78.7 Å². The molecule has 5 nitrogen and oxygen atoms in total. The van der Waals surface area contributed by atoms with Crippen molar-refractivity contribution in [2.24, 2.45) is 0 Å². The molecule has 0 bridgehead atoms. The molecule has 1 aliphatic rings. The molecular weight excluding hydrogens is 422 g/mol. The van der Waals surface area contributed by atoms with E-state index in [1.54, 1.807) is 13.3 Å². The normalized spacial score (nSPS) is 17.1. The van der Waals surface area contributed by atoms with Gasteiger partial charge in [0.05, 0.1) is 12.8 Å². The standard InChI is InChI=1S/C29H45N3O2/c1-7-11-27(29(33)30-16-8-2)31-26-13-12-25(20-28(26)34-6)24-14-17-32(18-15-24)21-23(10-4)19-22(5)9-3/h8,10,12-13,16,19-20,24,27,31H,7,9,11,14-15,17-18,21H2,1-6H3,(H,30,33)/b16-8?,22-19+,23-10+. The van der Waals surface area contributed by atoms with Crippen LogP contribution in [0.25, 0.3) is 0 Å². The Morgan fingerprint density at radius 2 is 1.97 bits per heavy atom. The monoisotopic (exact) mass is 467 g/mol. The van der Waals surface area contributed by atoms with Crippen LogP contribution in [0.2, 0.25) is 0 Å². The molecule has 34 heavy (non-hydrogen) atoms. The number of likely N-dealkylation sites (tertiary alicyclic amines) is 1. The fourth-order valence-electron chi connectivity index (χ4n) is 4.41. The molecule has 0 saturated carbocycles. The maximum Gasteiger partial charge on any atom is 0.246 e. The van der Waals surface area contributed by atoms with E-state index in [0.29, 0.717) is 5.92 Å². The molecule has 1 atom stereocenters. The molecule has 2 rings (SSSR count). The summed E-state index contributed by atoms with van der Waals surface area (Å²) in [4.78, 5) is 15.1. The number of piperidine rings is 1. The molecular formula is C29H45N3O2. The van der Waals surface area contributed by atoms with Gasteiger partial charge in [0, 0.05) is 6.54 Å². The van der Waals surface area contributed by atoms with Crippen LogP contribution >= 0.6 is 0 Å². The van der Waals surface area contributed by atoms with E-state index in [0.717, 1.165) is 63.2 Å². The molecule has 1 aromatic rings. The number of nitrogens with one attached hydrogen (secondary N) is 2. The van der Waals surface area contributed by atoms with Crippen molar-refractivity contribution >= 4 is 11.6 Å². The van der Waals surface area contributed by atoms with Gasteiger partial charge in [-0.25, -0.2) is 0 Å². The van der Waals surface area contributed by atoms with Gasteiger partial charge in [-0.2, -0.15) is 0 Å². The second-order valence-corrected chi connectivity index (χ2v) is 9.21. The molecule has 1 unspecified atom stereocenters. The Kier molecular flexibility index (Phi) is 12.0. The van der Waals surface area contributed by atoms with Crippen molar-refractivity contribution in [2.75, 3.05) is 32.1 Å². The summed E-state index contributed by atoms with van der Waals surface area (Å²) in [6.07, 6.45) is 13.2. The number of carbonyl (C=O) groups is 1. The van der Waals surface area contributed by atoms with Crippen molar-refractivity contribution < 1.29 is 9.53 Å². The van der Waals surface area contributed by atoms with Crippen molar-refractivity contribution in [3.63, 3.8) is 0 Å². The Balaban J connectivity index is 2.03. The van der Waals surface area contributed by atoms with Gasteiger partial charge in [-0.1, -0.05) is 50.1 Å². The molecule has 188 valence electrons. The zero-order valence-electron chi connectivity index (χ0n) is 22.1. The number of hydrogen-bond donors (Lipinski definition) is 2. The molecule has 0 aliphatic carbocycles. The average Bonchev–Trinajstić information content (AvgIpc) is 2.87. The van der Waals surface area contributed by atoms with Gasteiger partial charge >= 0.3 is 0 Å². The molecule has 0 spiro atoms. The number of hydrogen-bond acceptors (Lipinski definition) is 4. The lowest BCUT2D eigenvalue weighted by atomic mass is 9.89. The summed E-state index contributed by atoms with van der Waals surface area (Å²) >= 11 is 0. The number of nitrogens with zero attached hydrogens (tertiary/aromatic N) is 1. The molecule has 1 fully saturated rings. The summed E-state index contributed by atoms with van der Waals surface area (Å²) in [7, 11) is 1.70. The van der Waals surface area contributed by atoms with Gasteiger partial charge in [0.15, 0.2) is 0 Å². The number of anilines is 1. The van der Waals surface area contributed by atoms with Crippen molar-refractivity contribution in [1.29, 1.82) is 0 Å². The summed E-state index contributed by atoms with van der Waals surface area (Å²) in [5, 5.41) is 6.24. The lowest BCUT2D eigenvalue weighted by Gasteiger charge is -2.33. The van der Waals surface area contributed by atoms with E-state index in [1.165, 1.54) is 16.7 Å². The van der Waals surface area contributed by atoms with Crippen molar-refractivity contribution in [3.05, 3.63) is 59.3 Å². The molecule has 5 heteroatoms. The van der Waals surface area contributed by atoms with E-state index in [-0.39, 0.29) is 11.9 Å². The second-order valence-electron chi connectivity index (χ2n) is 9.21. The zero-order chi connectivity index (χ0) is 24.9. The van der Waals surface area contributed by atoms with Gasteiger partial charge in [-0.05, 0) is 94.9 Å². The van der Waals surface area contributed by atoms with Crippen molar-refractivity contribution in [3.8, 4) is 5.75 Å². The first-order chi connectivity index (χ1) is 16.4. The number of benzene rings is 1. The molecule has 1 amide bonds. The fraction of sp³-hybridized carbons (Fsp3) is 0.552. The maximum absolute atomic E-state index is 12.5. The third-order valence-corrected chi connectivity index (χ3v) is 6.67. The lowest BCUT2D eigenvalue weighted by molar-refractivity contribution is -0.121. The van der Waals surface area contributed by atoms with Gasteiger partial charge in [0.1, 0.15) is 11.8 Å². The van der Waals surface area contributed by atoms with E-state index in [1.807, 2.05) is 13.0 Å². The van der Waals surface area contributed by atoms with E-state index < -0.39 is 0 Å². The highest BCUT2D eigenvalue weighted by Gasteiger charge is 2.23. The van der Waals surface area contributed by atoms with Crippen LogP contribution in [-0.4, -0.2) is 43.6 Å². The Bertz CT molecular complexity index is 864. The first-order valence-electron chi connectivity index (χ1n) is 12.9. The Morgan fingerprint density at radius 1 is 1.24 bits per heavy atom. The Labute approximate surface area is 207 Å². The minimum absolute atomic E-state index is 0.0251. The summed E-state index contributed by atoms with van der Waals surface area (Å²) in [5.74, 6) is 1.31. The smallest absolute Gasteiger partial charge is 0.246 e. The highest BCUT2D eigenvalue weighted by atomic mass is 16.5. The predicted octanol–water partition coefficient (Wildman–Crippen LogP) is 6.41. The minimum Gasteiger partial charge on any atom is -0.495 e. The zero-order valence-corrected chi connectivity index (χ0v) is 22.1.